The number of amides is 1. The summed E-state index contributed by atoms with van der Waals surface area (Å²) in [6.45, 7) is 0. The highest BCUT2D eigenvalue weighted by Gasteiger charge is 2.22. The molecule has 138 valence electrons. The van der Waals surface area contributed by atoms with Crippen LogP contribution in [0.15, 0.2) is 59.3 Å². The second-order valence-electron chi connectivity index (χ2n) is 6.92. The third-order valence-corrected chi connectivity index (χ3v) is 5.12. The first-order chi connectivity index (χ1) is 13.8. The van der Waals surface area contributed by atoms with Crippen LogP contribution in [0.25, 0.3) is 22.4 Å². The summed E-state index contributed by atoms with van der Waals surface area (Å²) in [5.41, 5.74) is 5.18. The Hall–Kier alpha value is -3.54. The van der Waals surface area contributed by atoms with Crippen LogP contribution in [0.3, 0.4) is 0 Å². The van der Waals surface area contributed by atoms with Crippen molar-refractivity contribution < 1.29 is 9.21 Å². The van der Waals surface area contributed by atoms with Crippen molar-refractivity contribution in [2.45, 2.75) is 25.7 Å². The molecular formula is C22H18N4O2. The number of carbonyl (C=O) groups excluding carboxylic acids is 1. The molecule has 2 aromatic carbocycles. The van der Waals surface area contributed by atoms with E-state index in [1.54, 1.807) is 0 Å². The fourth-order valence-corrected chi connectivity index (χ4v) is 3.85. The van der Waals surface area contributed by atoms with Crippen LogP contribution in [-0.2, 0) is 12.8 Å². The highest BCUT2D eigenvalue weighted by Crippen LogP contribution is 2.30. The Bertz CT molecular complexity index is 1170. The normalized spacial score (nSPS) is 13.3. The molecule has 0 saturated carbocycles. The molecule has 1 aliphatic carbocycles. The van der Waals surface area contributed by atoms with Gasteiger partial charge in [0.05, 0.1) is 11.1 Å². The molecule has 6 nitrogen and oxygen atoms in total. The Morgan fingerprint density at radius 2 is 1.93 bits per heavy atom. The van der Waals surface area contributed by atoms with E-state index in [1.807, 2.05) is 48.5 Å². The Balaban J connectivity index is 1.56. The molecule has 0 fully saturated rings. The molecule has 6 heteroatoms. The Morgan fingerprint density at radius 3 is 2.82 bits per heavy atom. The second kappa shape index (κ2) is 6.88. The van der Waals surface area contributed by atoms with Crippen molar-refractivity contribution in [3.63, 3.8) is 0 Å². The van der Waals surface area contributed by atoms with E-state index in [2.05, 4.69) is 15.5 Å². The number of para-hydroxylation sites is 1. The molecule has 0 atom stereocenters. The van der Waals surface area contributed by atoms with Crippen molar-refractivity contribution in [3.8, 4) is 11.5 Å². The first kappa shape index (κ1) is 16.6. The number of benzene rings is 2. The van der Waals surface area contributed by atoms with E-state index in [0.29, 0.717) is 11.6 Å². The van der Waals surface area contributed by atoms with Gasteiger partial charge in [-0.2, -0.15) is 0 Å². The van der Waals surface area contributed by atoms with Crippen LogP contribution in [0.1, 0.15) is 34.5 Å². The highest BCUT2D eigenvalue weighted by atomic mass is 16.4. The molecule has 0 unspecified atom stereocenters. The van der Waals surface area contributed by atoms with Crippen LogP contribution in [0, 0.1) is 0 Å². The zero-order valence-corrected chi connectivity index (χ0v) is 15.2. The number of nitrogens with zero attached hydrogens (tertiary/aromatic N) is 3. The van der Waals surface area contributed by atoms with Gasteiger partial charge < -0.3 is 9.73 Å². The van der Waals surface area contributed by atoms with E-state index in [0.717, 1.165) is 59.0 Å². The average Bonchev–Trinajstić information content (AvgIpc) is 3.27. The summed E-state index contributed by atoms with van der Waals surface area (Å²) in [6, 6.07) is 15.3. The number of hydrogen-bond acceptors (Lipinski definition) is 5. The third kappa shape index (κ3) is 2.93. The summed E-state index contributed by atoms with van der Waals surface area (Å²) in [5, 5.41) is 11.6. The molecule has 0 radical (unpaired) electrons. The molecule has 5 rings (SSSR count). The molecule has 0 aliphatic heterocycles. The van der Waals surface area contributed by atoms with Gasteiger partial charge in [-0.15, -0.1) is 10.2 Å². The van der Waals surface area contributed by atoms with E-state index in [1.165, 1.54) is 6.39 Å². The molecule has 2 aromatic heterocycles. The van der Waals surface area contributed by atoms with Crippen molar-refractivity contribution in [3.05, 3.63) is 71.7 Å². The third-order valence-electron chi connectivity index (χ3n) is 5.12. The van der Waals surface area contributed by atoms with E-state index >= 15 is 0 Å². The van der Waals surface area contributed by atoms with E-state index < -0.39 is 0 Å². The Morgan fingerprint density at radius 1 is 1.04 bits per heavy atom. The van der Waals surface area contributed by atoms with Crippen molar-refractivity contribution in [2.75, 3.05) is 5.32 Å². The van der Waals surface area contributed by atoms with Crippen LogP contribution in [0.5, 0.6) is 0 Å². The molecule has 4 aromatic rings. The fourth-order valence-electron chi connectivity index (χ4n) is 3.85. The van der Waals surface area contributed by atoms with Gasteiger partial charge in [0.2, 0.25) is 12.3 Å². The fraction of sp³-hybridized carbons (Fsp3) is 0.182. The zero-order valence-electron chi connectivity index (χ0n) is 15.2. The summed E-state index contributed by atoms with van der Waals surface area (Å²) in [6.07, 6.45) is 5.30. The largest absolute Gasteiger partial charge is 0.423 e. The van der Waals surface area contributed by atoms with Crippen molar-refractivity contribution >= 4 is 22.5 Å². The van der Waals surface area contributed by atoms with E-state index in [-0.39, 0.29) is 5.91 Å². The summed E-state index contributed by atoms with van der Waals surface area (Å²) in [4.78, 5) is 18.1. The number of nitrogens with one attached hydrogen (secondary N) is 1. The molecule has 2 heterocycles. The Kier molecular flexibility index (Phi) is 4.09. The maximum atomic E-state index is 13.3. The first-order valence-corrected chi connectivity index (χ1v) is 9.38. The number of aryl methyl sites for hydroxylation is 1. The van der Waals surface area contributed by atoms with Gasteiger partial charge in [-0.05, 0) is 55.5 Å². The summed E-state index contributed by atoms with van der Waals surface area (Å²) >= 11 is 0. The smallest absolute Gasteiger partial charge is 0.256 e. The van der Waals surface area contributed by atoms with Gasteiger partial charge in [0, 0.05) is 22.3 Å². The zero-order chi connectivity index (χ0) is 18.9. The van der Waals surface area contributed by atoms with Crippen molar-refractivity contribution in [1.82, 2.24) is 15.2 Å². The van der Waals surface area contributed by atoms with Crippen molar-refractivity contribution in [2.24, 2.45) is 0 Å². The van der Waals surface area contributed by atoms with Gasteiger partial charge >= 0.3 is 0 Å². The lowest BCUT2D eigenvalue weighted by Gasteiger charge is -2.20. The van der Waals surface area contributed by atoms with E-state index in [9.17, 15) is 4.79 Å². The SMILES string of the molecule is O=C(Nc1cccc(-c2nnco2)c1)c1c2c(nc3ccccc13)CCCC2. The maximum Gasteiger partial charge on any atom is 0.256 e. The first-order valence-electron chi connectivity index (χ1n) is 9.38. The number of aromatic nitrogens is 3. The molecular weight excluding hydrogens is 352 g/mol. The lowest BCUT2D eigenvalue weighted by atomic mass is 9.89. The van der Waals surface area contributed by atoms with Gasteiger partial charge in [-0.1, -0.05) is 24.3 Å². The van der Waals surface area contributed by atoms with Gasteiger partial charge in [0.15, 0.2) is 0 Å². The van der Waals surface area contributed by atoms with Crippen molar-refractivity contribution in [1.29, 1.82) is 0 Å². The number of carbonyl (C=O) groups is 1. The molecule has 0 spiro atoms. The maximum absolute atomic E-state index is 13.3. The van der Waals surface area contributed by atoms with Crippen LogP contribution < -0.4 is 5.32 Å². The molecule has 0 bridgehead atoms. The number of fused-ring (bicyclic) bond motifs is 2. The minimum absolute atomic E-state index is 0.112. The van der Waals surface area contributed by atoms with Crippen LogP contribution in [-0.4, -0.2) is 21.1 Å². The quantitative estimate of drug-likeness (QED) is 0.577. The number of anilines is 1. The summed E-state index contributed by atoms with van der Waals surface area (Å²) in [5.74, 6) is 0.308. The van der Waals surface area contributed by atoms with E-state index in [4.69, 9.17) is 9.40 Å². The highest BCUT2D eigenvalue weighted by molar-refractivity contribution is 6.13. The van der Waals surface area contributed by atoms with Gasteiger partial charge in [0.1, 0.15) is 0 Å². The Labute approximate surface area is 161 Å². The molecule has 1 N–H and O–H groups in total. The summed E-state index contributed by atoms with van der Waals surface area (Å²) < 4.78 is 5.25. The predicted molar refractivity (Wildman–Crippen MR) is 106 cm³/mol. The average molecular weight is 370 g/mol. The minimum atomic E-state index is -0.112. The molecule has 28 heavy (non-hydrogen) atoms. The molecule has 1 aliphatic rings. The standard InChI is InChI=1S/C22H18N4O2/c27-21(24-15-7-5-6-14(12-15)22-26-23-13-28-22)20-16-8-1-3-10-18(16)25-19-11-4-2-9-17(19)20/h1,3,5-8,10,12-13H,2,4,9,11H2,(H,24,27). The topological polar surface area (TPSA) is 80.9 Å². The summed E-state index contributed by atoms with van der Waals surface area (Å²) in [7, 11) is 0. The molecule has 0 saturated heterocycles. The number of hydrogen-bond donors (Lipinski definition) is 1. The van der Waals surface area contributed by atoms with Crippen LogP contribution in [0.4, 0.5) is 5.69 Å². The van der Waals surface area contributed by atoms with Gasteiger partial charge in [-0.25, -0.2) is 0 Å². The van der Waals surface area contributed by atoms with Crippen LogP contribution >= 0.6 is 0 Å². The number of pyridine rings is 1. The monoisotopic (exact) mass is 370 g/mol. The lowest BCUT2D eigenvalue weighted by Crippen LogP contribution is -2.19. The second-order valence-corrected chi connectivity index (χ2v) is 6.92. The van der Waals surface area contributed by atoms with Gasteiger partial charge in [0.25, 0.3) is 5.91 Å². The molecule has 1 amide bonds. The van der Waals surface area contributed by atoms with Crippen LogP contribution in [0.2, 0.25) is 0 Å². The minimum Gasteiger partial charge on any atom is -0.423 e. The lowest BCUT2D eigenvalue weighted by molar-refractivity contribution is 0.102. The van der Waals surface area contributed by atoms with Gasteiger partial charge in [-0.3, -0.25) is 9.78 Å². The predicted octanol–water partition coefficient (Wildman–Crippen LogP) is 4.42. The number of rotatable bonds is 3.